The molecule has 0 saturated heterocycles. The van der Waals surface area contributed by atoms with Gasteiger partial charge in [-0.25, -0.2) is 0 Å². The summed E-state index contributed by atoms with van der Waals surface area (Å²) in [5.74, 6) is 0. The molecule has 88 valence electrons. The van der Waals surface area contributed by atoms with Crippen LogP contribution in [-0.2, 0) is 0 Å². The van der Waals surface area contributed by atoms with Gasteiger partial charge in [0.15, 0.2) is 0 Å². The lowest BCUT2D eigenvalue weighted by Gasteiger charge is -1.87. The Hall–Kier alpha value is -0.680. The first kappa shape index (κ1) is 11.2. The summed E-state index contributed by atoms with van der Waals surface area (Å²) in [6.45, 7) is 0. The highest BCUT2D eigenvalue weighted by molar-refractivity contribution is 8.35. The fourth-order valence-corrected chi connectivity index (χ4v) is 6.86. The van der Waals surface area contributed by atoms with E-state index in [4.69, 9.17) is 0 Å². The summed E-state index contributed by atoms with van der Waals surface area (Å²) in [7, 11) is 0. The quantitative estimate of drug-likeness (QED) is 0.544. The molecule has 0 nitrogen and oxygen atoms in total. The Kier molecular flexibility index (Phi) is 2.77. The second kappa shape index (κ2) is 4.46. The van der Waals surface area contributed by atoms with Crippen molar-refractivity contribution < 1.29 is 0 Å². The minimum Gasteiger partial charge on any atom is -0.122 e. The van der Waals surface area contributed by atoms with Crippen LogP contribution in [0.5, 0.6) is 0 Å². The molecule has 18 heavy (non-hydrogen) atoms. The van der Waals surface area contributed by atoms with Crippen LogP contribution in [0.3, 0.4) is 0 Å². The third kappa shape index (κ3) is 1.75. The van der Waals surface area contributed by atoms with Gasteiger partial charge in [0.05, 0.1) is 8.94 Å². The maximum Gasteiger partial charge on any atom is 0.101 e. The van der Waals surface area contributed by atoms with Crippen LogP contribution < -0.4 is 3.85 Å². The average molecular weight is 304 g/mol. The zero-order valence-electron chi connectivity index (χ0n) is 9.25. The smallest absolute Gasteiger partial charge is 0.101 e. The van der Waals surface area contributed by atoms with Gasteiger partial charge in [0.2, 0.25) is 0 Å². The van der Waals surface area contributed by atoms with Crippen LogP contribution in [0.4, 0.5) is 0 Å². The Labute approximate surface area is 121 Å². The minimum absolute atomic E-state index is 1.35. The maximum absolute atomic E-state index is 2.31. The van der Waals surface area contributed by atoms with E-state index < -0.39 is 0 Å². The molecule has 1 aromatic heterocycles. The summed E-state index contributed by atoms with van der Waals surface area (Å²) in [6.07, 6.45) is 0. The zero-order chi connectivity index (χ0) is 11.9. The molecule has 0 spiro atoms. The van der Waals surface area contributed by atoms with Gasteiger partial charge in [0.1, 0.15) is 3.85 Å². The topological polar surface area (TPSA) is 0 Å². The Morgan fingerprint density at radius 3 is 2.56 bits per heavy atom. The largest absolute Gasteiger partial charge is 0.122 e. The second-order valence-electron chi connectivity index (χ2n) is 3.90. The number of thioether (sulfide) groups is 2. The van der Waals surface area contributed by atoms with Crippen molar-refractivity contribution in [3.05, 3.63) is 51.1 Å². The molecule has 0 aliphatic carbocycles. The zero-order valence-corrected chi connectivity index (χ0v) is 12.5. The van der Waals surface area contributed by atoms with Crippen molar-refractivity contribution in [1.29, 1.82) is 0 Å². The Morgan fingerprint density at radius 2 is 1.67 bits per heavy atom. The molecule has 0 bridgehead atoms. The van der Waals surface area contributed by atoms with E-state index in [9.17, 15) is 0 Å². The molecule has 4 rings (SSSR count). The first-order chi connectivity index (χ1) is 8.92. The summed E-state index contributed by atoms with van der Waals surface area (Å²) in [4.78, 5) is 0. The molecule has 3 aromatic rings. The predicted octanol–water partition coefficient (Wildman–Crippen LogP) is 5.41. The van der Waals surface area contributed by atoms with Gasteiger partial charge in [-0.3, -0.25) is 0 Å². The van der Waals surface area contributed by atoms with Crippen LogP contribution in [0.15, 0.2) is 47.2 Å². The van der Waals surface area contributed by atoms with Crippen molar-refractivity contribution in [3.63, 3.8) is 0 Å². The van der Waals surface area contributed by atoms with Crippen molar-refractivity contribution in [3.8, 4) is 0 Å². The van der Waals surface area contributed by atoms with Crippen molar-refractivity contribution in [2.45, 2.75) is 0 Å². The molecule has 2 aromatic carbocycles. The number of rotatable bonds is 0. The highest BCUT2D eigenvalue weighted by Crippen LogP contribution is 2.41. The first-order valence-electron chi connectivity index (χ1n) is 5.52. The van der Waals surface area contributed by atoms with Gasteiger partial charge < -0.3 is 0 Å². The van der Waals surface area contributed by atoms with E-state index in [0.29, 0.717) is 0 Å². The predicted molar refractivity (Wildman–Crippen MR) is 89.0 cm³/mol. The van der Waals surface area contributed by atoms with Crippen molar-refractivity contribution in [2.75, 3.05) is 0 Å². The highest BCUT2D eigenvalue weighted by Gasteiger charge is 2.10. The van der Waals surface area contributed by atoms with Crippen LogP contribution in [0.2, 0.25) is 0 Å². The van der Waals surface area contributed by atoms with Gasteiger partial charge in [-0.05, 0) is 22.3 Å². The van der Waals surface area contributed by atoms with E-state index in [2.05, 4.69) is 47.2 Å². The van der Waals surface area contributed by atoms with E-state index in [1.165, 1.54) is 28.3 Å². The van der Waals surface area contributed by atoms with Gasteiger partial charge in [-0.15, -0.1) is 22.7 Å². The highest BCUT2D eigenvalue weighted by atomic mass is 32.2. The van der Waals surface area contributed by atoms with Gasteiger partial charge in [-0.2, -0.15) is 0 Å². The number of fused-ring (bicyclic) bond motifs is 3. The summed E-state index contributed by atoms with van der Waals surface area (Å²) in [6, 6.07) is 13.1. The van der Waals surface area contributed by atoms with E-state index in [-0.39, 0.29) is 0 Å². The third-order valence-corrected chi connectivity index (χ3v) is 8.04. The van der Waals surface area contributed by atoms with Crippen LogP contribution >= 0.6 is 46.2 Å². The fourth-order valence-electron chi connectivity index (χ4n) is 2.01. The summed E-state index contributed by atoms with van der Waals surface area (Å²) in [5, 5.41) is 7.05. The molecular weight excluding hydrogens is 296 g/mol. The fraction of sp³-hybridized carbons (Fsp3) is 0. The third-order valence-electron chi connectivity index (χ3n) is 2.80. The van der Waals surface area contributed by atoms with Crippen molar-refractivity contribution in [2.24, 2.45) is 0 Å². The standard InChI is InChI=1S/C14H8S4/c1-2-4-9-8-11-12(10(9)5-3-1)18-14(17-11)13-15-6-7-16-13/h1-8H. The molecule has 1 aliphatic heterocycles. The van der Waals surface area contributed by atoms with Crippen LogP contribution in [0.1, 0.15) is 0 Å². The minimum atomic E-state index is 1.35. The SMILES string of the molecule is C1=CSC(=c2sc3cc4cccccc4c3s2)S1. The molecule has 0 unspecified atom stereocenters. The molecule has 0 amide bonds. The monoisotopic (exact) mass is 304 g/mol. The van der Waals surface area contributed by atoms with Crippen molar-refractivity contribution in [1.82, 2.24) is 0 Å². The summed E-state index contributed by atoms with van der Waals surface area (Å²) < 4.78 is 5.71. The van der Waals surface area contributed by atoms with Crippen LogP contribution in [-0.4, -0.2) is 0 Å². The van der Waals surface area contributed by atoms with Crippen LogP contribution in [0, 0.1) is 0 Å². The van der Waals surface area contributed by atoms with E-state index in [0.717, 1.165) is 0 Å². The lowest BCUT2D eigenvalue weighted by molar-refractivity contribution is 1.89. The van der Waals surface area contributed by atoms with Crippen LogP contribution in [0.25, 0.3) is 24.4 Å². The van der Waals surface area contributed by atoms with E-state index in [1.807, 2.05) is 46.2 Å². The molecule has 0 atom stereocenters. The Balaban J connectivity index is 2.08. The molecule has 0 saturated carbocycles. The second-order valence-corrected chi connectivity index (χ2v) is 8.33. The maximum atomic E-state index is 2.31. The Morgan fingerprint density at radius 1 is 0.833 bits per heavy atom. The number of hydrogen-bond donors (Lipinski definition) is 0. The van der Waals surface area contributed by atoms with Gasteiger partial charge >= 0.3 is 0 Å². The molecule has 4 heteroatoms. The molecule has 0 fully saturated rings. The molecule has 0 radical (unpaired) electrons. The number of hydrogen-bond acceptors (Lipinski definition) is 4. The molecular formula is C14H8S4. The molecule has 2 heterocycles. The van der Waals surface area contributed by atoms with Gasteiger partial charge in [0, 0.05) is 10.1 Å². The molecule has 0 N–H and O–H groups in total. The lowest BCUT2D eigenvalue weighted by Crippen LogP contribution is -1.85. The average Bonchev–Trinajstić information content (AvgIpc) is 3.03. The summed E-state index contributed by atoms with van der Waals surface area (Å²) >= 11 is 7.52. The van der Waals surface area contributed by atoms with Gasteiger partial charge in [-0.1, -0.05) is 53.9 Å². The van der Waals surface area contributed by atoms with E-state index in [1.54, 1.807) is 0 Å². The first-order valence-corrected chi connectivity index (χ1v) is 8.91. The van der Waals surface area contributed by atoms with Crippen molar-refractivity contribution >= 4 is 70.6 Å². The van der Waals surface area contributed by atoms with E-state index >= 15 is 0 Å². The normalized spacial score (nSPS) is 15.0. The summed E-state index contributed by atoms with van der Waals surface area (Å²) in [5.41, 5.74) is 0. The van der Waals surface area contributed by atoms with Gasteiger partial charge in [0.25, 0.3) is 0 Å². The molecule has 1 aliphatic rings. The lowest BCUT2D eigenvalue weighted by atomic mass is 10.3. The Bertz CT molecular complexity index is 825.